The highest BCUT2D eigenvalue weighted by atomic mass is 16.6. The van der Waals surface area contributed by atoms with Crippen molar-refractivity contribution in [3.63, 3.8) is 0 Å². The van der Waals surface area contributed by atoms with Gasteiger partial charge >= 0.3 is 11.9 Å². The molecule has 4 heteroatoms. The molecule has 2 rings (SSSR count). The van der Waals surface area contributed by atoms with Crippen LogP contribution in [0.1, 0.15) is 60.3 Å². The third-order valence-electron chi connectivity index (χ3n) is 5.85. The molecule has 2 aliphatic carbocycles. The fourth-order valence-corrected chi connectivity index (χ4v) is 4.74. The topological polar surface area (TPSA) is 52.6 Å². The molecule has 0 spiro atoms. The van der Waals surface area contributed by atoms with E-state index < -0.39 is 0 Å². The summed E-state index contributed by atoms with van der Waals surface area (Å²) in [6.07, 6.45) is 3.28. The van der Waals surface area contributed by atoms with Gasteiger partial charge in [-0.25, -0.2) is 0 Å². The van der Waals surface area contributed by atoms with Crippen molar-refractivity contribution in [1.29, 1.82) is 0 Å². The average Bonchev–Trinajstić information content (AvgIpc) is 2.40. The monoisotopic (exact) mass is 322 g/mol. The molecule has 0 heterocycles. The van der Waals surface area contributed by atoms with Gasteiger partial charge in [-0.1, -0.05) is 32.9 Å². The van der Waals surface area contributed by atoms with E-state index in [0.717, 1.165) is 31.3 Å². The van der Waals surface area contributed by atoms with Crippen LogP contribution >= 0.6 is 0 Å². The molecule has 0 unspecified atom stereocenters. The predicted molar refractivity (Wildman–Crippen MR) is 88.6 cm³/mol. The predicted octanol–water partition coefficient (Wildman–Crippen LogP) is 3.89. The Morgan fingerprint density at radius 1 is 1.17 bits per heavy atom. The lowest BCUT2D eigenvalue weighted by molar-refractivity contribution is -0.183. The number of hydrogen-bond donors (Lipinski definition) is 0. The van der Waals surface area contributed by atoms with Gasteiger partial charge in [0.1, 0.15) is 12.2 Å². The summed E-state index contributed by atoms with van der Waals surface area (Å²) in [4.78, 5) is 23.2. The maximum atomic E-state index is 11.7. The molecule has 0 aliphatic heterocycles. The molecule has 0 amide bonds. The first-order valence-electron chi connectivity index (χ1n) is 8.69. The van der Waals surface area contributed by atoms with Crippen LogP contribution in [0.15, 0.2) is 12.2 Å². The Balaban J connectivity index is 2.38. The molecule has 0 bridgehead atoms. The molecule has 5 atom stereocenters. The zero-order chi connectivity index (χ0) is 17.4. The van der Waals surface area contributed by atoms with E-state index in [1.807, 2.05) is 0 Å². The molecule has 2 fully saturated rings. The number of ether oxygens (including phenoxy) is 2. The smallest absolute Gasteiger partial charge is 0.302 e. The first-order chi connectivity index (χ1) is 10.7. The van der Waals surface area contributed by atoms with Crippen molar-refractivity contribution in [2.45, 2.75) is 72.5 Å². The zero-order valence-corrected chi connectivity index (χ0v) is 15.1. The molecule has 0 saturated heterocycles. The van der Waals surface area contributed by atoms with Crippen LogP contribution in [0.4, 0.5) is 0 Å². The Hall–Kier alpha value is -1.32. The van der Waals surface area contributed by atoms with Gasteiger partial charge in [0.15, 0.2) is 0 Å². The molecular formula is C19H30O4. The van der Waals surface area contributed by atoms with Crippen LogP contribution in [-0.2, 0) is 19.1 Å². The van der Waals surface area contributed by atoms with Gasteiger partial charge in [0.2, 0.25) is 0 Å². The minimum absolute atomic E-state index is 0.0608. The lowest BCUT2D eigenvalue weighted by atomic mass is 9.53. The van der Waals surface area contributed by atoms with Crippen molar-refractivity contribution in [2.75, 3.05) is 0 Å². The van der Waals surface area contributed by atoms with Crippen LogP contribution in [0, 0.1) is 23.2 Å². The van der Waals surface area contributed by atoms with Gasteiger partial charge in [-0.2, -0.15) is 0 Å². The summed E-state index contributed by atoms with van der Waals surface area (Å²) in [5.74, 6) is 0.339. The standard InChI is InChI=1S/C19H30O4/c1-11(2)15-9-10-19(6)16(22-13(4)20)8-7-12(3)17(19)18(15)23-14(5)21/h11,15-18H,3,7-10H2,1-2,4-6H3/t15-,16+,17-,18+,19-/m0/s1. The second-order valence-corrected chi connectivity index (χ2v) is 7.80. The summed E-state index contributed by atoms with van der Waals surface area (Å²) in [6.45, 7) is 13.7. The van der Waals surface area contributed by atoms with Crippen molar-refractivity contribution in [3.8, 4) is 0 Å². The van der Waals surface area contributed by atoms with E-state index in [1.165, 1.54) is 13.8 Å². The van der Waals surface area contributed by atoms with Gasteiger partial charge in [0, 0.05) is 25.2 Å². The van der Waals surface area contributed by atoms with Gasteiger partial charge in [-0.05, 0) is 37.5 Å². The number of fused-ring (bicyclic) bond motifs is 1. The third-order valence-corrected chi connectivity index (χ3v) is 5.85. The highest BCUT2D eigenvalue weighted by molar-refractivity contribution is 5.67. The minimum atomic E-state index is -0.243. The van der Waals surface area contributed by atoms with Crippen LogP contribution in [0.3, 0.4) is 0 Å². The second-order valence-electron chi connectivity index (χ2n) is 7.80. The quantitative estimate of drug-likeness (QED) is 0.584. The summed E-state index contributed by atoms with van der Waals surface area (Å²) in [5, 5.41) is 0. The number of hydrogen-bond acceptors (Lipinski definition) is 4. The highest BCUT2D eigenvalue weighted by Gasteiger charge is 2.56. The molecule has 23 heavy (non-hydrogen) atoms. The van der Waals surface area contributed by atoms with E-state index in [1.54, 1.807) is 0 Å². The Kier molecular flexibility index (Phi) is 5.22. The van der Waals surface area contributed by atoms with Crippen LogP contribution in [0.5, 0.6) is 0 Å². The number of carbonyl (C=O) groups excluding carboxylic acids is 2. The van der Waals surface area contributed by atoms with Crippen LogP contribution in [0.25, 0.3) is 0 Å². The number of rotatable bonds is 3. The van der Waals surface area contributed by atoms with Crippen molar-refractivity contribution >= 4 is 11.9 Å². The molecule has 0 N–H and O–H groups in total. The molecule has 130 valence electrons. The van der Waals surface area contributed by atoms with E-state index in [-0.39, 0.29) is 35.5 Å². The first-order valence-corrected chi connectivity index (χ1v) is 8.69. The molecule has 0 aromatic heterocycles. The van der Waals surface area contributed by atoms with Crippen molar-refractivity contribution in [2.24, 2.45) is 23.2 Å². The summed E-state index contributed by atoms with van der Waals surface area (Å²) >= 11 is 0. The summed E-state index contributed by atoms with van der Waals surface area (Å²) in [5.41, 5.74) is 0.930. The Morgan fingerprint density at radius 2 is 1.78 bits per heavy atom. The van der Waals surface area contributed by atoms with Crippen molar-refractivity contribution in [1.82, 2.24) is 0 Å². The Bertz CT molecular complexity index is 496. The maximum Gasteiger partial charge on any atom is 0.302 e. The normalized spacial score (nSPS) is 37.2. The SMILES string of the molecule is C=C1CC[C@@H](OC(C)=O)[C@]2(C)CC[C@@H](C(C)C)[C@@H](OC(C)=O)[C@H]12. The molecule has 2 saturated carbocycles. The van der Waals surface area contributed by atoms with E-state index in [0.29, 0.717) is 11.8 Å². The van der Waals surface area contributed by atoms with Crippen LogP contribution in [-0.4, -0.2) is 24.1 Å². The zero-order valence-electron chi connectivity index (χ0n) is 15.1. The molecule has 0 aromatic rings. The van der Waals surface area contributed by atoms with E-state index >= 15 is 0 Å². The van der Waals surface area contributed by atoms with Gasteiger partial charge < -0.3 is 9.47 Å². The fraction of sp³-hybridized carbons (Fsp3) is 0.789. The fourth-order valence-electron chi connectivity index (χ4n) is 4.74. The second kappa shape index (κ2) is 6.66. The number of carbonyl (C=O) groups is 2. The Labute approximate surface area is 139 Å². The molecule has 0 radical (unpaired) electrons. The highest BCUT2D eigenvalue weighted by Crippen LogP contribution is 2.56. The van der Waals surface area contributed by atoms with E-state index in [4.69, 9.17) is 9.47 Å². The summed E-state index contributed by atoms with van der Waals surface area (Å²) in [6, 6.07) is 0. The van der Waals surface area contributed by atoms with Crippen molar-refractivity contribution < 1.29 is 19.1 Å². The van der Waals surface area contributed by atoms with Gasteiger partial charge in [0.25, 0.3) is 0 Å². The van der Waals surface area contributed by atoms with Crippen molar-refractivity contribution in [3.05, 3.63) is 12.2 Å². The Morgan fingerprint density at radius 3 is 2.30 bits per heavy atom. The van der Waals surface area contributed by atoms with Gasteiger partial charge in [-0.15, -0.1) is 0 Å². The molecule has 2 aliphatic rings. The lowest BCUT2D eigenvalue weighted by Crippen LogP contribution is -2.56. The lowest BCUT2D eigenvalue weighted by Gasteiger charge is -2.55. The van der Waals surface area contributed by atoms with E-state index in [2.05, 4.69) is 27.4 Å². The molecule has 4 nitrogen and oxygen atoms in total. The number of esters is 2. The first kappa shape index (κ1) is 18.0. The maximum absolute atomic E-state index is 11.7. The summed E-state index contributed by atoms with van der Waals surface area (Å²) < 4.78 is 11.4. The third kappa shape index (κ3) is 3.46. The van der Waals surface area contributed by atoms with Gasteiger partial charge in [-0.3, -0.25) is 9.59 Å². The summed E-state index contributed by atoms with van der Waals surface area (Å²) in [7, 11) is 0. The molecule has 0 aromatic carbocycles. The van der Waals surface area contributed by atoms with Gasteiger partial charge in [0.05, 0.1) is 0 Å². The average molecular weight is 322 g/mol. The minimum Gasteiger partial charge on any atom is -0.462 e. The largest absolute Gasteiger partial charge is 0.462 e. The van der Waals surface area contributed by atoms with Crippen LogP contribution in [0.2, 0.25) is 0 Å². The van der Waals surface area contributed by atoms with Crippen LogP contribution < -0.4 is 0 Å². The molecular weight excluding hydrogens is 292 g/mol. The van der Waals surface area contributed by atoms with E-state index in [9.17, 15) is 9.59 Å².